The summed E-state index contributed by atoms with van der Waals surface area (Å²) in [5.74, 6) is 0.220. The molecule has 0 radical (unpaired) electrons. The Labute approximate surface area is 185 Å². The molecule has 0 amide bonds. The Bertz CT molecular complexity index is 1120. The summed E-state index contributed by atoms with van der Waals surface area (Å²) in [5, 5.41) is 1.35. The monoisotopic (exact) mass is 441 g/mol. The lowest BCUT2D eigenvalue weighted by Crippen LogP contribution is -2.24. The van der Waals surface area contributed by atoms with Crippen molar-refractivity contribution in [1.29, 1.82) is 0 Å². The number of hydrogen-bond acceptors (Lipinski definition) is 6. The van der Waals surface area contributed by atoms with Gasteiger partial charge in [0.15, 0.2) is 10.9 Å². The first kappa shape index (κ1) is 22.4. The zero-order valence-corrected chi connectivity index (χ0v) is 19.4. The summed E-state index contributed by atoms with van der Waals surface area (Å²) in [6.07, 6.45) is 7.48. The van der Waals surface area contributed by atoms with Crippen LogP contribution in [0.3, 0.4) is 0 Å². The number of allylic oxidation sites excluding steroid dienone is 1. The van der Waals surface area contributed by atoms with Gasteiger partial charge >= 0.3 is 0 Å². The molecule has 3 aromatic rings. The highest BCUT2D eigenvalue weighted by atomic mass is 32.2. The van der Waals surface area contributed by atoms with Crippen molar-refractivity contribution in [2.24, 2.45) is 0 Å². The predicted molar refractivity (Wildman–Crippen MR) is 126 cm³/mol. The molecule has 0 bridgehead atoms. The van der Waals surface area contributed by atoms with Crippen LogP contribution in [-0.4, -0.2) is 26.1 Å². The van der Waals surface area contributed by atoms with Gasteiger partial charge in [0, 0.05) is 29.4 Å². The highest BCUT2D eigenvalue weighted by Gasteiger charge is 2.22. The third-order valence-corrected chi connectivity index (χ3v) is 6.96. The topological polar surface area (TPSA) is 64.8 Å². The number of carbonyl (C=O) groups is 1. The Morgan fingerprint density at radius 1 is 1.23 bits per heavy atom. The van der Waals surface area contributed by atoms with Crippen molar-refractivity contribution in [2.45, 2.75) is 58.2 Å². The molecule has 1 aliphatic rings. The van der Waals surface area contributed by atoms with Gasteiger partial charge in [0.25, 0.3) is 5.56 Å². The van der Waals surface area contributed by atoms with Gasteiger partial charge in [-0.3, -0.25) is 19.1 Å². The zero-order valence-electron chi connectivity index (χ0n) is 17.7. The molecule has 5 nitrogen and oxygen atoms in total. The van der Waals surface area contributed by atoms with Gasteiger partial charge in [-0.2, -0.15) is 0 Å². The molecule has 3 heterocycles. The fraction of sp³-hybridized carbons (Fsp3) is 0.391. The number of thioether (sulfide) groups is 1. The molecule has 30 heavy (non-hydrogen) atoms. The van der Waals surface area contributed by atoms with Crippen LogP contribution in [0.4, 0.5) is 0 Å². The molecule has 0 unspecified atom stereocenters. The molecule has 0 aliphatic heterocycles. The molecule has 0 saturated heterocycles. The van der Waals surface area contributed by atoms with Crippen LogP contribution < -0.4 is 5.56 Å². The molecule has 7 heteroatoms. The first-order chi connectivity index (χ1) is 14.5. The number of fused-ring (bicyclic) bond motifs is 3. The second-order valence-electron chi connectivity index (χ2n) is 7.08. The van der Waals surface area contributed by atoms with E-state index in [-0.39, 0.29) is 17.1 Å². The van der Waals surface area contributed by atoms with Gasteiger partial charge in [-0.15, -0.1) is 11.3 Å². The molecule has 0 spiro atoms. The van der Waals surface area contributed by atoms with Gasteiger partial charge in [-0.1, -0.05) is 37.8 Å². The van der Waals surface area contributed by atoms with Crippen molar-refractivity contribution in [3.63, 3.8) is 0 Å². The van der Waals surface area contributed by atoms with Crippen LogP contribution in [0.5, 0.6) is 0 Å². The fourth-order valence-corrected chi connectivity index (χ4v) is 5.69. The average molecular weight is 442 g/mol. The maximum absolute atomic E-state index is 13.3. The van der Waals surface area contributed by atoms with Gasteiger partial charge in [0.05, 0.1) is 11.1 Å². The Hall–Kier alpha value is -2.25. The van der Waals surface area contributed by atoms with E-state index in [2.05, 4.69) is 11.6 Å². The molecule has 0 N–H and O–H groups in total. The van der Waals surface area contributed by atoms with Crippen LogP contribution in [0.2, 0.25) is 0 Å². The second kappa shape index (κ2) is 10.2. The summed E-state index contributed by atoms with van der Waals surface area (Å²) in [5.41, 5.74) is 2.67. The van der Waals surface area contributed by atoms with Crippen molar-refractivity contribution in [1.82, 2.24) is 14.5 Å². The Balaban J connectivity index is 0.00000124. The minimum absolute atomic E-state index is 0.00547. The summed E-state index contributed by atoms with van der Waals surface area (Å²) in [6.45, 7) is 10.3. The van der Waals surface area contributed by atoms with E-state index in [9.17, 15) is 9.59 Å². The maximum Gasteiger partial charge on any atom is 0.263 e. The van der Waals surface area contributed by atoms with Gasteiger partial charge < -0.3 is 0 Å². The van der Waals surface area contributed by atoms with Crippen molar-refractivity contribution in [3.05, 3.63) is 63.0 Å². The van der Waals surface area contributed by atoms with E-state index in [0.29, 0.717) is 17.3 Å². The smallest absolute Gasteiger partial charge is 0.263 e. The first-order valence-electron chi connectivity index (χ1n) is 10.3. The molecule has 4 rings (SSSR count). The van der Waals surface area contributed by atoms with E-state index < -0.39 is 0 Å². The van der Waals surface area contributed by atoms with Crippen LogP contribution in [0.1, 0.15) is 54.4 Å². The van der Waals surface area contributed by atoms with Crippen molar-refractivity contribution >= 4 is 39.1 Å². The van der Waals surface area contributed by atoms with Gasteiger partial charge in [0.1, 0.15) is 4.83 Å². The van der Waals surface area contributed by atoms with E-state index in [1.807, 2.05) is 20.8 Å². The van der Waals surface area contributed by atoms with Crippen LogP contribution >= 0.6 is 23.1 Å². The normalized spacial score (nSPS) is 12.8. The van der Waals surface area contributed by atoms with E-state index in [1.165, 1.54) is 28.6 Å². The third kappa shape index (κ3) is 4.73. The molecule has 0 fully saturated rings. The average Bonchev–Trinajstić information content (AvgIpc) is 3.14. The number of thiophene rings is 1. The molecule has 3 aromatic heterocycles. The van der Waals surface area contributed by atoms with Crippen molar-refractivity contribution in [2.75, 3.05) is 5.75 Å². The Morgan fingerprint density at radius 2 is 1.93 bits per heavy atom. The summed E-state index contributed by atoms with van der Waals surface area (Å²) in [4.78, 5) is 36.6. The molecular formula is C23H27N3O2S2. The van der Waals surface area contributed by atoms with Crippen LogP contribution in [0, 0.1) is 0 Å². The summed E-state index contributed by atoms with van der Waals surface area (Å²) in [6, 6.07) is 3.40. The lowest BCUT2D eigenvalue weighted by atomic mass is 9.97. The summed E-state index contributed by atoms with van der Waals surface area (Å²) in [7, 11) is 0. The number of aromatic nitrogens is 3. The number of hydrogen-bond donors (Lipinski definition) is 0. The predicted octanol–water partition coefficient (Wildman–Crippen LogP) is 5.31. The number of Topliss-reactive ketones (excluding diaryl/α,β-unsaturated/α-hetero) is 1. The quantitative estimate of drug-likeness (QED) is 0.224. The number of rotatable bonds is 6. The Kier molecular flexibility index (Phi) is 7.61. The van der Waals surface area contributed by atoms with Gasteiger partial charge in [-0.05, 0) is 50.3 Å². The minimum Gasteiger partial charge on any atom is -0.293 e. The summed E-state index contributed by atoms with van der Waals surface area (Å²) < 4.78 is 1.68. The SMILES string of the molecule is C=C(C)Cn1c(SCC(=O)c2ccncc2)nc2sc3c(c2c1=O)CCCC3.CC. The third-order valence-electron chi connectivity index (χ3n) is 4.80. The number of ketones is 1. The minimum atomic E-state index is -0.00809. The van der Waals surface area contributed by atoms with Crippen molar-refractivity contribution in [3.8, 4) is 0 Å². The van der Waals surface area contributed by atoms with E-state index >= 15 is 0 Å². The van der Waals surface area contributed by atoms with Crippen molar-refractivity contribution < 1.29 is 4.79 Å². The van der Waals surface area contributed by atoms with Crippen LogP contribution in [-0.2, 0) is 19.4 Å². The molecule has 0 atom stereocenters. The van der Waals surface area contributed by atoms with E-state index in [0.717, 1.165) is 35.1 Å². The highest BCUT2D eigenvalue weighted by Crippen LogP contribution is 2.34. The zero-order chi connectivity index (χ0) is 21.7. The number of nitrogens with zero attached hydrogens (tertiary/aromatic N) is 3. The largest absolute Gasteiger partial charge is 0.293 e. The standard InChI is InChI=1S/C21H21N3O2S2.C2H6/c1-13(2)11-24-20(26)18-15-5-3-4-6-17(15)28-19(18)23-21(24)27-12-16(25)14-7-9-22-10-8-14;1-2/h7-10H,1,3-6,11-12H2,2H3;1-2H3. The van der Waals surface area contributed by atoms with E-state index in [4.69, 9.17) is 4.98 Å². The number of carbonyl (C=O) groups excluding carboxylic acids is 1. The summed E-state index contributed by atoms with van der Waals surface area (Å²) >= 11 is 2.95. The molecule has 1 aliphatic carbocycles. The highest BCUT2D eigenvalue weighted by molar-refractivity contribution is 7.99. The second-order valence-corrected chi connectivity index (χ2v) is 9.11. The number of aryl methyl sites for hydroxylation is 2. The molecule has 0 saturated carbocycles. The number of pyridine rings is 1. The fourth-order valence-electron chi connectivity index (χ4n) is 3.49. The Morgan fingerprint density at radius 3 is 2.63 bits per heavy atom. The van der Waals surface area contributed by atoms with E-state index in [1.54, 1.807) is 40.4 Å². The lowest BCUT2D eigenvalue weighted by Gasteiger charge is -2.13. The molecule has 158 valence electrons. The molecule has 0 aromatic carbocycles. The first-order valence-corrected chi connectivity index (χ1v) is 12.1. The van der Waals surface area contributed by atoms with Crippen LogP contribution in [0.25, 0.3) is 10.2 Å². The lowest BCUT2D eigenvalue weighted by molar-refractivity contribution is 0.102. The maximum atomic E-state index is 13.3. The molecular weight excluding hydrogens is 414 g/mol. The van der Waals surface area contributed by atoms with Gasteiger partial charge in [-0.25, -0.2) is 4.98 Å². The van der Waals surface area contributed by atoms with Crippen LogP contribution in [0.15, 0.2) is 46.6 Å². The van der Waals surface area contributed by atoms with Gasteiger partial charge in [0.2, 0.25) is 0 Å².